The molecular formula is C11H10BrFN2O3. The number of carbonyl (C=O) groups is 1. The molecule has 0 radical (unpaired) electrons. The second kappa shape index (κ2) is 5.01. The van der Waals surface area contributed by atoms with E-state index in [1.807, 2.05) is 0 Å². The van der Waals surface area contributed by atoms with Crippen molar-refractivity contribution >= 4 is 33.1 Å². The molecule has 1 aliphatic heterocycles. The average Bonchev–Trinajstić information content (AvgIpc) is 2.31. The molecule has 0 spiro atoms. The van der Waals surface area contributed by atoms with Crippen molar-refractivity contribution in [3.8, 4) is 0 Å². The Morgan fingerprint density at radius 3 is 2.78 bits per heavy atom. The quantitative estimate of drug-likeness (QED) is 0.621. The summed E-state index contributed by atoms with van der Waals surface area (Å²) in [5.41, 5.74) is -0.0354. The number of hydrogen-bond donors (Lipinski definition) is 0. The SMILES string of the molecule is O=C1CCCN(c2cc(Br)c(F)cc2[N+](=O)[O-])C1. The van der Waals surface area contributed by atoms with Gasteiger partial charge in [0.25, 0.3) is 5.69 Å². The summed E-state index contributed by atoms with van der Waals surface area (Å²) in [4.78, 5) is 23.3. The molecule has 18 heavy (non-hydrogen) atoms. The maximum absolute atomic E-state index is 13.3. The van der Waals surface area contributed by atoms with E-state index in [1.54, 1.807) is 4.90 Å². The molecule has 0 amide bonds. The molecule has 5 nitrogen and oxygen atoms in total. The van der Waals surface area contributed by atoms with Crippen LogP contribution >= 0.6 is 15.9 Å². The summed E-state index contributed by atoms with van der Waals surface area (Å²) in [5.74, 6) is -0.648. The predicted molar refractivity (Wildman–Crippen MR) is 67.2 cm³/mol. The van der Waals surface area contributed by atoms with Gasteiger partial charge in [-0.25, -0.2) is 4.39 Å². The molecule has 0 unspecified atom stereocenters. The maximum Gasteiger partial charge on any atom is 0.295 e. The van der Waals surface area contributed by atoms with Crippen molar-refractivity contribution in [2.24, 2.45) is 0 Å². The van der Waals surface area contributed by atoms with Crippen LogP contribution < -0.4 is 4.90 Å². The van der Waals surface area contributed by atoms with Gasteiger partial charge in [-0.3, -0.25) is 14.9 Å². The number of nitro groups is 1. The van der Waals surface area contributed by atoms with Gasteiger partial charge in [-0.15, -0.1) is 0 Å². The van der Waals surface area contributed by atoms with Crippen LogP contribution in [0.3, 0.4) is 0 Å². The highest BCUT2D eigenvalue weighted by Crippen LogP contribution is 2.34. The van der Waals surface area contributed by atoms with Gasteiger partial charge >= 0.3 is 0 Å². The van der Waals surface area contributed by atoms with Crippen LogP contribution in [0.2, 0.25) is 0 Å². The van der Waals surface area contributed by atoms with Gasteiger partial charge < -0.3 is 4.90 Å². The fourth-order valence-corrected chi connectivity index (χ4v) is 2.30. The van der Waals surface area contributed by atoms with Crippen molar-refractivity contribution in [2.75, 3.05) is 18.0 Å². The van der Waals surface area contributed by atoms with Crippen LogP contribution in [0.15, 0.2) is 16.6 Å². The number of anilines is 1. The van der Waals surface area contributed by atoms with E-state index in [1.165, 1.54) is 6.07 Å². The lowest BCUT2D eigenvalue weighted by molar-refractivity contribution is -0.384. The standard InChI is InChI=1S/C11H10BrFN2O3/c12-8-4-10(11(15(17)18)5-9(8)13)14-3-1-2-7(16)6-14/h4-5H,1-3,6H2. The Bertz CT molecular complexity index is 521. The molecule has 0 aromatic heterocycles. The third-order valence-electron chi connectivity index (χ3n) is 2.81. The number of hydrogen-bond acceptors (Lipinski definition) is 4. The third-order valence-corrected chi connectivity index (χ3v) is 3.41. The molecule has 2 rings (SSSR count). The van der Waals surface area contributed by atoms with E-state index in [-0.39, 0.29) is 28.2 Å². The Hall–Kier alpha value is -1.50. The van der Waals surface area contributed by atoms with Crippen LogP contribution in [0.25, 0.3) is 0 Å². The summed E-state index contributed by atoms with van der Waals surface area (Å²) >= 11 is 3.00. The van der Waals surface area contributed by atoms with E-state index < -0.39 is 10.7 Å². The summed E-state index contributed by atoms with van der Waals surface area (Å²) in [5, 5.41) is 10.9. The number of ketones is 1. The Labute approximate surface area is 111 Å². The zero-order valence-corrected chi connectivity index (χ0v) is 10.9. The van der Waals surface area contributed by atoms with Crippen LogP contribution in [0, 0.1) is 15.9 Å². The average molecular weight is 317 g/mol. The second-order valence-corrected chi connectivity index (χ2v) is 4.93. The van der Waals surface area contributed by atoms with Gasteiger partial charge in [-0.1, -0.05) is 0 Å². The number of nitro benzene ring substituents is 1. The predicted octanol–water partition coefficient (Wildman–Crippen LogP) is 2.67. The molecule has 1 heterocycles. The first-order valence-corrected chi connectivity index (χ1v) is 6.18. The molecule has 1 aromatic carbocycles. The van der Waals surface area contributed by atoms with E-state index in [2.05, 4.69) is 15.9 Å². The van der Waals surface area contributed by atoms with Gasteiger partial charge in [0.05, 0.1) is 22.0 Å². The Morgan fingerprint density at radius 2 is 2.17 bits per heavy atom. The Kier molecular flexibility index (Phi) is 3.60. The van der Waals surface area contributed by atoms with Crippen molar-refractivity contribution in [1.82, 2.24) is 0 Å². The minimum atomic E-state index is -0.686. The number of carbonyl (C=O) groups excluding carboxylic acids is 1. The number of Topliss-reactive ketones (excluding diaryl/α,β-unsaturated/α-hetero) is 1. The fourth-order valence-electron chi connectivity index (χ4n) is 1.97. The Balaban J connectivity index is 2.44. The van der Waals surface area contributed by atoms with Crippen molar-refractivity contribution < 1.29 is 14.1 Å². The second-order valence-electron chi connectivity index (χ2n) is 4.08. The summed E-state index contributed by atoms with van der Waals surface area (Å²) < 4.78 is 13.5. The molecule has 1 fully saturated rings. The molecule has 0 aliphatic carbocycles. The highest BCUT2D eigenvalue weighted by molar-refractivity contribution is 9.10. The van der Waals surface area contributed by atoms with Crippen LogP contribution in [-0.4, -0.2) is 23.8 Å². The molecule has 96 valence electrons. The van der Waals surface area contributed by atoms with Crippen molar-refractivity contribution in [3.63, 3.8) is 0 Å². The van der Waals surface area contributed by atoms with E-state index in [4.69, 9.17) is 0 Å². The van der Waals surface area contributed by atoms with Gasteiger partial charge in [0, 0.05) is 13.0 Å². The van der Waals surface area contributed by atoms with E-state index in [0.29, 0.717) is 19.4 Å². The molecule has 7 heteroatoms. The van der Waals surface area contributed by atoms with Crippen LogP contribution in [-0.2, 0) is 4.79 Å². The molecule has 0 bridgehead atoms. The van der Waals surface area contributed by atoms with Crippen LogP contribution in [0.5, 0.6) is 0 Å². The van der Waals surface area contributed by atoms with E-state index >= 15 is 0 Å². The lowest BCUT2D eigenvalue weighted by Crippen LogP contribution is -2.35. The molecule has 1 aliphatic rings. The first kappa shape index (κ1) is 12.9. The van der Waals surface area contributed by atoms with Gasteiger partial charge in [0.15, 0.2) is 5.78 Å². The number of halogens is 2. The highest BCUT2D eigenvalue weighted by Gasteiger charge is 2.25. The van der Waals surface area contributed by atoms with Gasteiger partial charge in [0.2, 0.25) is 0 Å². The normalized spacial score (nSPS) is 15.9. The molecule has 1 aromatic rings. The number of piperidine rings is 1. The molecule has 1 saturated heterocycles. The molecular weight excluding hydrogens is 307 g/mol. The minimum absolute atomic E-state index is 0.0380. The Morgan fingerprint density at radius 1 is 1.44 bits per heavy atom. The summed E-state index contributed by atoms with van der Waals surface area (Å²) in [7, 11) is 0. The fraction of sp³-hybridized carbons (Fsp3) is 0.364. The first-order valence-electron chi connectivity index (χ1n) is 5.39. The largest absolute Gasteiger partial charge is 0.359 e. The summed E-state index contributed by atoms with van der Waals surface area (Å²) in [6, 6.07) is 2.23. The molecule has 0 N–H and O–H groups in total. The van der Waals surface area contributed by atoms with Crippen LogP contribution in [0.4, 0.5) is 15.8 Å². The first-order chi connectivity index (χ1) is 8.49. The molecule has 0 atom stereocenters. The number of nitrogens with zero attached hydrogens (tertiary/aromatic N) is 2. The van der Waals surface area contributed by atoms with Gasteiger partial charge in [0.1, 0.15) is 11.5 Å². The lowest BCUT2D eigenvalue weighted by atomic mass is 10.1. The maximum atomic E-state index is 13.3. The molecule has 0 saturated carbocycles. The zero-order valence-electron chi connectivity index (χ0n) is 9.36. The van der Waals surface area contributed by atoms with Crippen molar-refractivity contribution in [1.29, 1.82) is 0 Å². The van der Waals surface area contributed by atoms with Crippen molar-refractivity contribution in [2.45, 2.75) is 12.8 Å². The monoisotopic (exact) mass is 316 g/mol. The van der Waals surface area contributed by atoms with Gasteiger partial charge in [-0.05, 0) is 28.4 Å². The highest BCUT2D eigenvalue weighted by atomic mass is 79.9. The van der Waals surface area contributed by atoms with E-state index in [9.17, 15) is 19.3 Å². The summed E-state index contributed by atoms with van der Waals surface area (Å²) in [6.07, 6.45) is 1.15. The minimum Gasteiger partial charge on any atom is -0.359 e. The zero-order chi connectivity index (χ0) is 13.3. The lowest BCUT2D eigenvalue weighted by Gasteiger charge is -2.27. The van der Waals surface area contributed by atoms with Gasteiger partial charge in [-0.2, -0.15) is 0 Å². The summed E-state index contributed by atoms with van der Waals surface area (Å²) in [6.45, 7) is 0.698. The third kappa shape index (κ3) is 2.50. The number of rotatable bonds is 2. The van der Waals surface area contributed by atoms with Crippen LogP contribution in [0.1, 0.15) is 12.8 Å². The van der Waals surface area contributed by atoms with E-state index in [0.717, 1.165) is 6.07 Å². The number of benzene rings is 1. The van der Waals surface area contributed by atoms with Crippen molar-refractivity contribution in [3.05, 3.63) is 32.5 Å². The smallest absolute Gasteiger partial charge is 0.295 e. The topological polar surface area (TPSA) is 63.5 Å².